The van der Waals surface area contributed by atoms with E-state index in [1.165, 1.54) is 5.56 Å². The Morgan fingerprint density at radius 1 is 1.27 bits per heavy atom. The van der Waals surface area contributed by atoms with Gasteiger partial charge in [0, 0.05) is 43.3 Å². The highest BCUT2D eigenvalue weighted by atomic mass is 16.5. The number of methoxy groups -OCH3 is 1. The minimum atomic E-state index is -1.01. The van der Waals surface area contributed by atoms with E-state index in [1.54, 1.807) is 7.11 Å². The second kappa shape index (κ2) is 7.06. The molecule has 2 aliphatic heterocycles. The normalized spacial score (nSPS) is 35.7. The number of carbonyl (C=O) groups is 2. The van der Waals surface area contributed by atoms with Crippen molar-refractivity contribution in [2.24, 2.45) is 5.92 Å². The number of ether oxygens (including phenoxy) is 1. The molecule has 5 rings (SSSR count). The maximum atomic E-state index is 13.4. The highest BCUT2D eigenvalue weighted by molar-refractivity contribution is 5.89. The summed E-state index contributed by atoms with van der Waals surface area (Å²) in [4.78, 5) is 30.3. The van der Waals surface area contributed by atoms with E-state index in [4.69, 9.17) is 4.74 Å². The lowest BCUT2D eigenvalue weighted by Crippen LogP contribution is -2.73. The van der Waals surface area contributed by atoms with Crippen LogP contribution in [0.25, 0.3) is 0 Å². The van der Waals surface area contributed by atoms with Crippen LogP contribution < -0.4 is 4.74 Å². The van der Waals surface area contributed by atoms with Gasteiger partial charge < -0.3 is 19.6 Å². The van der Waals surface area contributed by atoms with Crippen molar-refractivity contribution >= 4 is 11.7 Å². The maximum absolute atomic E-state index is 13.4. The van der Waals surface area contributed by atoms with Crippen LogP contribution in [0.2, 0.25) is 0 Å². The molecule has 6 heteroatoms. The van der Waals surface area contributed by atoms with Crippen LogP contribution in [0.4, 0.5) is 0 Å². The number of rotatable bonds is 3. The minimum absolute atomic E-state index is 0.0374. The molecule has 0 spiro atoms. The number of likely N-dealkylation sites (N-methyl/N-ethyl adjacent to an activating group) is 1. The summed E-state index contributed by atoms with van der Waals surface area (Å²) in [6, 6.07) is 6.06. The Morgan fingerprint density at radius 3 is 2.77 bits per heavy atom. The first-order valence-corrected chi connectivity index (χ1v) is 11.3. The number of carbonyl (C=O) groups excluding carboxylic acids is 2. The molecule has 1 aromatic carbocycles. The standard InChI is InChI=1S/C24H32N2O4/c1-25-10-7-23-15-20(27)17(12-22(28)26-8-3-4-9-26)14-24(23,29)21(25)11-16-5-6-18(30-2)13-19(16)23/h5-6,13,17,21,29H,3-4,7-12,14-15H2,1-2H3/t17-,21+,23?,24+/m0/s1. The Kier molecular flexibility index (Phi) is 4.71. The van der Waals surface area contributed by atoms with Crippen LogP contribution in [0.1, 0.15) is 49.7 Å². The van der Waals surface area contributed by atoms with Crippen molar-refractivity contribution in [3.8, 4) is 5.75 Å². The molecule has 0 aromatic heterocycles. The fourth-order valence-corrected chi connectivity index (χ4v) is 6.72. The molecule has 4 aliphatic rings. The zero-order valence-electron chi connectivity index (χ0n) is 18.0. The van der Waals surface area contributed by atoms with Crippen LogP contribution in [0.15, 0.2) is 18.2 Å². The fraction of sp³-hybridized carbons (Fsp3) is 0.667. The van der Waals surface area contributed by atoms with Gasteiger partial charge >= 0.3 is 0 Å². The summed E-state index contributed by atoms with van der Waals surface area (Å²) < 4.78 is 5.48. The topological polar surface area (TPSA) is 70.1 Å². The molecule has 2 aliphatic carbocycles. The van der Waals surface area contributed by atoms with E-state index in [-0.39, 0.29) is 24.2 Å². The number of amides is 1. The lowest BCUT2D eigenvalue weighted by molar-refractivity contribution is -0.179. The number of aliphatic hydroxyl groups is 1. The first-order valence-electron chi connectivity index (χ1n) is 11.3. The molecule has 1 unspecified atom stereocenters. The molecular weight excluding hydrogens is 380 g/mol. The molecule has 6 nitrogen and oxygen atoms in total. The molecular formula is C24H32N2O4. The first kappa shape index (κ1) is 20.0. The Morgan fingerprint density at radius 2 is 2.03 bits per heavy atom. The largest absolute Gasteiger partial charge is 0.497 e. The first-order chi connectivity index (χ1) is 14.4. The van der Waals surface area contributed by atoms with Gasteiger partial charge in [0.1, 0.15) is 11.5 Å². The fourth-order valence-electron chi connectivity index (χ4n) is 6.72. The quantitative estimate of drug-likeness (QED) is 0.821. The summed E-state index contributed by atoms with van der Waals surface area (Å²) in [5, 5.41) is 12.2. The number of hydrogen-bond acceptors (Lipinski definition) is 5. The summed E-state index contributed by atoms with van der Waals surface area (Å²) >= 11 is 0. The van der Waals surface area contributed by atoms with Crippen LogP contribution in [0.5, 0.6) is 5.75 Å². The molecule has 1 aromatic rings. The van der Waals surface area contributed by atoms with Gasteiger partial charge in [-0.3, -0.25) is 9.59 Å². The van der Waals surface area contributed by atoms with Gasteiger partial charge in [-0.05, 0) is 69.0 Å². The van der Waals surface area contributed by atoms with Crippen molar-refractivity contribution in [1.29, 1.82) is 0 Å². The van der Waals surface area contributed by atoms with Gasteiger partial charge in [-0.25, -0.2) is 0 Å². The van der Waals surface area contributed by atoms with E-state index in [0.29, 0.717) is 12.8 Å². The Labute approximate surface area is 178 Å². The molecule has 1 amide bonds. The van der Waals surface area contributed by atoms with Gasteiger partial charge in [0.15, 0.2) is 0 Å². The third kappa shape index (κ3) is 2.76. The van der Waals surface area contributed by atoms with Crippen LogP contribution in [0, 0.1) is 5.92 Å². The third-order valence-electron chi connectivity index (χ3n) is 8.42. The van der Waals surface area contributed by atoms with Crippen molar-refractivity contribution in [2.45, 2.75) is 62.0 Å². The molecule has 162 valence electrons. The molecule has 1 saturated carbocycles. The van der Waals surface area contributed by atoms with Crippen LogP contribution >= 0.6 is 0 Å². The summed E-state index contributed by atoms with van der Waals surface area (Å²) in [6.45, 7) is 2.45. The smallest absolute Gasteiger partial charge is 0.223 e. The van der Waals surface area contributed by atoms with Gasteiger partial charge in [0.05, 0.1) is 12.7 Å². The number of piperidine rings is 1. The van der Waals surface area contributed by atoms with Crippen molar-refractivity contribution < 1.29 is 19.4 Å². The molecule has 4 atom stereocenters. The molecule has 2 heterocycles. The second-order valence-corrected chi connectivity index (χ2v) is 9.82. The lowest BCUT2D eigenvalue weighted by atomic mass is 9.47. The molecule has 3 fully saturated rings. The number of hydrogen-bond donors (Lipinski definition) is 1. The second-order valence-electron chi connectivity index (χ2n) is 9.82. The summed E-state index contributed by atoms with van der Waals surface area (Å²) in [5.41, 5.74) is 0.683. The minimum Gasteiger partial charge on any atom is -0.497 e. The Balaban J connectivity index is 1.52. The van der Waals surface area contributed by atoms with E-state index in [1.807, 2.05) is 17.0 Å². The van der Waals surface area contributed by atoms with Crippen molar-refractivity contribution in [3.63, 3.8) is 0 Å². The van der Waals surface area contributed by atoms with Gasteiger partial charge in [-0.15, -0.1) is 0 Å². The summed E-state index contributed by atoms with van der Waals surface area (Å²) in [5.74, 6) is 0.576. The highest BCUT2D eigenvalue weighted by Gasteiger charge is 2.66. The number of likely N-dealkylation sites (tertiary alicyclic amines) is 2. The number of Topliss-reactive ketones (excluding diaryl/α,β-unsaturated/α-hetero) is 1. The molecule has 0 radical (unpaired) electrons. The summed E-state index contributed by atoms with van der Waals surface area (Å²) in [6.07, 6.45) is 4.51. The van der Waals surface area contributed by atoms with Gasteiger partial charge in [0.25, 0.3) is 0 Å². The Hall–Kier alpha value is -1.92. The predicted octanol–water partition coefficient (Wildman–Crippen LogP) is 1.92. The van der Waals surface area contributed by atoms with E-state index in [0.717, 1.165) is 56.6 Å². The number of ketones is 1. The number of nitrogens with zero attached hydrogens (tertiary/aromatic N) is 2. The maximum Gasteiger partial charge on any atom is 0.223 e. The van der Waals surface area contributed by atoms with Gasteiger partial charge in [-0.1, -0.05) is 6.07 Å². The van der Waals surface area contributed by atoms with E-state index < -0.39 is 16.9 Å². The lowest BCUT2D eigenvalue weighted by Gasteiger charge is -2.63. The highest BCUT2D eigenvalue weighted by Crippen LogP contribution is 2.58. The van der Waals surface area contributed by atoms with Crippen molar-refractivity contribution in [2.75, 3.05) is 33.8 Å². The number of benzene rings is 1. The van der Waals surface area contributed by atoms with Crippen LogP contribution in [0.3, 0.4) is 0 Å². The molecule has 1 N–H and O–H groups in total. The summed E-state index contributed by atoms with van der Waals surface area (Å²) in [7, 11) is 3.72. The van der Waals surface area contributed by atoms with Gasteiger partial charge in [0.2, 0.25) is 5.91 Å². The zero-order valence-corrected chi connectivity index (χ0v) is 18.0. The monoisotopic (exact) mass is 412 g/mol. The molecule has 2 bridgehead atoms. The third-order valence-corrected chi connectivity index (χ3v) is 8.42. The van der Waals surface area contributed by atoms with Crippen LogP contribution in [-0.4, -0.2) is 72.0 Å². The Bertz CT molecular complexity index is 880. The number of fused-ring (bicyclic) bond motifs is 1. The zero-order chi connectivity index (χ0) is 21.1. The van der Waals surface area contributed by atoms with Crippen molar-refractivity contribution in [1.82, 2.24) is 9.80 Å². The average molecular weight is 413 g/mol. The van der Waals surface area contributed by atoms with Gasteiger partial charge in [-0.2, -0.15) is 0 Å². The van der Waals surface area contributed by atoms with E-state index >= 15 is 0 Å². The molecule has 2 saturated heterocycles. The van der Waals surface area contributed by atoms with E-state index in [9.17, 15) is 14.7 Å². The molecule has 30 heavy (non-hydrogen) atoms. The average Bonchev–Trinajstić information content (AvgIpc) is 3.27. The van der Waals surface area contributed by atoms with E-state index in [2.05, 4.69) is 18.0 Å². The predicted molar refractivity (Wildman–Crippen MR) is 113 cm³/mol. The van der Waals surface area contributed by atoms with Crippen LogP contribution in [-0.2, 0) is 21.4 Å². The SMILES string of the molecule is COc1ccc2c(c1)C13CCN(C)[C@H](C2)[C@]1(O)C[C@H](CC(=O)N1CCCC1)C(=O)C3. The van der Waals surface area contributed by atoms with Crippen molar-refractivity contribution in [3.05, 3.63) is 29.3 Å².